The standard InChI is InChI=1S/C21H29N3O3/c1-3-16(17-7-5-4-6-8-17)13-22-18(25)14-24-19(26)21(23-20(24)27)11-9-15(2)10-12-21/h4-8,15-16H,3,9-14H2,1-2H3,(H,22,25)(H,23,27). The summed E-state index contributed by atoms with van der Waals surface area (Å²) in [5.41, 5.74) is 0.380. The second-order valence-electron chi connectivity index (χ2n) is 7.91. The first-order valence-electron chi connectivity index (χ1n) is 9.91. The van der Waals surface area contributed by atoms with Crippen molar-refractivity contribution in [3.8, 4) is 0 Å². The summed E-state index contributed by atoms with van der Waals surface area (Å²) in [5.74, 6) is 0.241. The highest BCUT2D eigenvalue weighted by Gasteiger charge is 2.52. The summed E-state index contributed by atoms with van der Waals surface area (Å²) in [6, 6.07) is 9.58. The fourth-order valence-corrected chi connectivity index (χ4v) is 4.07. The van der Waals surface area contributed by atoms with Gasteiger partial charge in [-0.15, -0.1) is 0 Å². The smallest absolute Gasteiger partial charge is 0.325 e. The Balaban J connectivity index is 1.56. The molecule has 2 fully saturated rings. The van der Waals surface area contributed by atoms with Gasteiger partial charge in [0.15, 0.2) is 0 Å². The first-order valence-corrected chi connectivity index (χ1v) is 9.91. The Morgan fingerprint density at radius 3 is 2.56 bits per heavy atom. The topological polar surface area (TPSA) is 78.5 Å². The number of hydrogen-bond acceptors (Lipinski definition) is 3. The summed E-state index contributed by atoms with van der Waals surface area (Å²) >= 11 is 0. The third kappa shape index (κ3) is 4.15. The van der Waals surface area contributed by atoms with E-state index in [0.717, 1.165) is 24.2 Å². The van der Waals surface area contributed by atoms with Gasteiger partial charge in [-0.05, 0) is 43.6 Å². The van der Waals surface area contributed by atoms with Gasteiger partial charge >= 0.3 is 6.03 Å². The molecule has 2 aliphatic rings. The molecule has 1 unspecified atom stereocenters. The molecule has 1 atom stereocenters. The van der Waals surface area contributed by atoms with Crippen LogP contribution >= 0.6 is 0 Å². The van der Waals surface area contributed by atoms with Crippen molar-refractivity contribution in [2.75, 3.05) is 13.1 Å². The molecule has 3 rings (SSSR count). The van der Waals surface area contributed by atoms with Crippen molar-refractivity contribution in [1.82, 2.24) is 15.5 Å². The highest BCUT2D eigenvalue weighted by Crippen LogP contribution is 2.36. The average Bonchev–Trinajstić information content (AvgIpc) is 2.90. The zero-order valence-corrected chi connectivity index (χ0v) is 16.2. The second kappa shape index (κ2) is 8.11. The van der Waals surface area contributed by atoms with Crippen LogP contribution < -0.4 is 10.6 Å². The number of hydrogen-bond donors (Lipinski definition) is 2. The number of benzene rings is 1. The van der Waals surface area contributed by atoms with Crippen molar-refractivity contribution in [2.45, 2.75) is 57.4 Å². The Hall–Kier alpha value is -2.37. The third-order valence-corrected chi connectivity index (χ3v) is 5.98. The number of nitrogens with one attached hydrogen (secondary N) is 2. The SMILES string of the molecule is CCC(CNC(=O)CN1C(=O)NC2(CCC(C)CC2)C1=O)c1ccccc1. The molecule has 1 saturated heterocycles. The number of carbonyl (C=O) groups is 3. The van der Waals surface area contributed by atoms with Gasteiger partial charge in [0.2, 0.25) is 5.91 Å². The van der Waals surface area contributed by atoms with Gasteiger partial charge in [0.05, 0.1) is 0 Å². The van der Waals surface area contributed by atoms with Crippen molar-refractivity contribution >= 4 is 17.8 Å². The second-order valence-corrected chi connectivity index (χ2v) is 7.91. The van der Waals surface area contributed by atoms with E-state index >= 15 is 0 Å². The molecule has 6 nitrogen and oxygen atoms in total. The summed E-state index contributed by atoms with van der Waals surface area (Å²) in [6.07, 6.45) is 4.04. The molecule has 146 valence electrons. The Bertz CT molecular complexity index is 696. The van der Waals surface area contributed by atoms with Crippen LogP contribution in [-0.2, 0) is 9.59 Å². The summed E-state index contributed by atoms with van der Waals surface area (Å²) < 4.78 is 0. The Morgan fingerprint density at radius 1 is 1.26 bits per heavy atom. The van der Waals surface area contributed by atoms with E-state index in [2.05, 4.69) is 24.5 Å². The molecule has 1 aliphatic heterocycles. The number of imide groups is 1. The van der Waals surface area contributed by atoms with Crippen LogP contribution in [0.4, 0.5) is 4.79 Å². The van der Waals surface area contributed by atoms with E-state index in [-0.39, 0.29) is 24.3 Å². The van der Waals surface area contributed by atoms with E-state index in [0.29, 0.717) is 25.3 Å². The summed E-state index contributed by atoms with van der Waals surface area (Å²) in [7, 11) is 0. The van der Waals surface area contributed by atoms with Gasteiger partial charge < -0.3 is 10.6 Å². The van der Waals surface area contributed by atoms with Crippen molar-refractivity contribution in [3.05, 3.63) is 35.9 Å². The first-order chi connectivity index (χ1) is 12.9. The molecule has 1 heterocycles. The van der Waals surface area contributed by atoms with Crippen LogP contribution in [-0.4, -0.2) is 41.4 Å². The van der Waals surface area contributed by atoms with Gasteiger partial charge in [0.1, 0.15) is 12.1 Å². The predicted octanol–water partition coefficient (Wildman–Crippen LogP) is 2.80. The molecule has 1 aromatic carbocycles. The average molecular weight is 371 g/mol. The minimum absolute atomic E-state index is 0.212. The van der Waals surface area contributed by atoms with E-state index in [1.807, 2.05) is 30.3 Å². The van der Waals surface area contributed by atoms with Gasteiger partial charge in [-0.25, -0.2) is 4.79 Å². The van der Waals surface area contributed by atoms with E-state index in [1.54, 1.807) is 0 Å². The lowest BCUT2D eigenvalue weighted by Crippen LogP contribution is -2.50. The summed E-state index contributed by atoms with van der Waals surface area (Å²) in [6.45, 7) is 4.52. The normalized spacial score (nSPS) is 26.1. The molecule has 1 spiro atoms. The molecule has 0 bridgehead atoms. The Labute approximate surface area is 160 Å². The van der Waals surface area contributed by atoms with Gasteiger partial charge in [-0.2, -0.15) is 0 Å². The number of nitrogens with zero attached hydrogens (tertiary/aromatic N) is 1. The molecular formula is C21H29N3O3. The minimum atomic E-state index is -0.792. The lowest BCUT2D eigenvalue weighted by atomic mass is 9.77. The van der Waals surface area contributed by atoms with Crippen LogP contribution in [0.15, 0.2) is 30.3 Å². The van der Waals surface area contributed by atoms with Crippen LogP contribution in [0.1, 0.15) is 57.4 Å². The largest absolute Gasteiger partial charge is 0.354 e. The van der Waals surface area contributed by atoms with E-state index in [1.165, 1.54) is 5.56 Å². The first kappa shape index (κ1) is 19.4. The van der Waals surface area contributed by atoms with Gasteiger partial charge in [0, 0.05) is 12.5 Å². The van der Waals surface area contributed by atoms with E-state index in [4.69, 9.17) is 0 Å². The Kier molecular flexibility index (Phi) is 5.82. The molecule has 2 N–H and O–H groups in total. The van der Waals surface area contributed by atoms with Crippen molar-refractivity contribution < 1.29 is 14.4 Å². The fraction of sp³-hybridized carbons (Fsp3) is 0.571. The third-order valence-electron chi connectivity index (χ3n) is 5.98. The molecule has 0 aromatic heterocycles. The highest BCUT2D eigenvalue weighted by atomic mass is 16.2. The number of carbonyl (C=O) groups excluding carboxylic acids is 3. The molecule has 1 aliphatic carbocycles. The lowest BCUT2D eigenvalue weighted by molar-refractivity contribution is -0.136. The van der Waals surface area contributed by atoms with Gasteiger partial charge in [-0.3, -0.25) is 14.5 Å². The zero-order valence-electron chi connectivity index (χ0n) is 16.2. The maximum absolute atomic E-state index is 12.8. The van der Waals surface area contributed by atoms with Crippen LogP contribution in [0.25, 0.3) is 0 Å². The monoisotopic (exact) mass is 371 g/mol. The quantitative estimate of drug-likeness (QED) is 0.755. The number of amides is 4. The maximum Gasteiger partial charge on any atom is 0.325 e. The van der Waals surface area contributed by atoms with Crippen molar-refractivity contribution in [1.29, 1.82) is 0 Å². The number of rotatable bonds is 6. The molecule has 1 aromatic rings. The van der Waals surface area contributed by atoms with Crippen molar-refractivity contribution in [2.24, 2.45) is 5.92 Å². The van der Waals surface area contributed by atoms with Crippen LogP contribution in [0.5, 0.6) is 0 Å². The Morgan fingerprint density at radius 2 is 1.93 bits per heavy atom. The van der Waals surface area contributed by atoms with Gasteiger partial charge in [-0.1, -0.05) is 44.2 Å². The number of urea groups is 1. The van der Waals surface area contributed by atoms with Crippen LogP contribution in [0.2, 0.25) is 0 Å². The summed E-state index contributed by atoms with van der Waals surface area (Å²) in [5, 5.41) is 5.74. The lowest BCUT2D eigenvalue weighted by Gasteiger charge is -2.33. The summed E-state index contributed by atoms with van der Waals surface area (Å²) in [4.78, 5) is 38.6. The highest BCUT2D eigenvalue weighted by molar-refractivity contribution is 6.09. The van der Waals surface area contributed by atoms with E-state index < -0.39 is 11.6 Å². The molecule has 1 saturated carbocycles. The van der Waals surface area contributed by atoms with Crippen LogP contribution in [0, 0.1) is 5.92 Å². The van der Waals surface area contributed by atoms with Gasteiger partial charge in [0.25, 0.3) is 5.91 Å². The molecule has 27 heavy (non-hydrogen) atoms. The zero-order chi connectivity index (χ0) is 19.4. The fourth-order valence-electron chi connectivity index (χ4n) is 4.07. The van der Waals surface area contributed by atoms with E-state index in [9.17, 15) is 14.4 Å². The molecule has 6 heteroatoms. The predicted molar refractivity (Wildman–Crippen MR) is 103 cm³/mol. The maximum atomic E-state index is 12.8. The van der Waals surface area contributed by atoms with Crippen LogP contribution in [0.3, 0.4) is 0 Å². The minimum Gasteiger partial charge on any atom is -0.354 e. The van der Waals surface area contributed by atoms with Crippen molar-refractivity contribution in [3.63, 3.8) is 0 Å². The molecular weight excluding hydrogens is 342 g/mol. The molecule has 4 amide bonds. The molecule has 0 radical (unpaired) electrons.